The van der Waals surface area contributed by atoms with Gasteiger partial charge >= 0.3 is 0 Å². The molecule has 0 aliphatic rings. The molecule has 0 aliphatic carbocycles. The van der Waals surface area contributed by atoms with Crippen molar-refractivity contribution in [2.45, 2.75) is 33.9 Å². The van der Waals surface area contributed by atoms with Gasteiger partial charge in [-0.05, 0) is 19.4 Å². The lowest BCUT2D eigenvalue weighted by molar-refractivity contribution is 0.537. The largest absolute Gasteiger partial charge is 0.324 e. The summed E-state index contributed by atoms with van der Waals surface area (Å²) in [6.45, 7) is 9.18. The summed E-state index contributed by atoms with van der Waals surface area (Å²) in [6, 6.07) is 0. The van der Waals surface area contributed by atoms with Gasteiger partial charge in [0.25, 0.3) is 0 Å². The maximum absolute atomic E-state index is 4.39. The highest BCUT2D eigenvalue weighted by Gasteiger charge is 2.08. The number of rotatable bonds is 6. The molecule has 5 heteroatoms. The van der Waals surface area contributed by atoms with Gasteiger partial charge < -0.3 is 9.88 Å². The van der Waals surface area contributed by atoms with Crippen molar-refractivity contribution in [2.75, 3.05) is 6.54 Å². The van der Waals surface area contributed by atoms with Crippen molar-refractivity contribution in [2.24, 2.45) is 5.92 Å². The molecule has 0 saturated heterocycles. The van der Waals surface area contributed by atoms with E-state index in [4.69, 9.17) is 0 Å². The molecule has 0 radical (unpaired) electrons. The lowest BCUT2D eigenvalue weighted by Gasteiger charge is -2.11. The van der Waals surface area contributed by atoms with Crippen molar-refractivity contribution in [1.29, 1.82) is 0 Å². The highest BCUT2D eigenvalue weighted by Crippen LogP contribution is 2.11. The fraction of sp³-hybridized carbons (Fsp3) is 0.538. The van der Waals surface area contributed by atoms with Gasteiger partial charge in [0.1, 0.15) is 10.8 Å². The third-order valence-electron chi connectivity index (χ3n) is 2.77. The van der Waals surface area contributed by atoms with E-state index in [1.54, 1.807) is 11.3 Å². The molecule has 0 aliphatic heterocycles. The molecule has 18 heavy (non-hydrogen) atoms. The Morgan fingerprint density at radius 2 is 2.22 bits per heavy atom. The Morgan fingerprint density at radius 3 is 2.89 bits per heavy atom. The number of imidazole rings is 1. The number of aromatic nitrogens is 3. The highest BCUT2D eigenvalue weighted by molar-refractivity contribution is 7.09. The van der Waals surface area contributed by atoms with Crippen molar-refractivity contribution < 1.29 is 0 Å². The first-order valence-electron chi connectivity index (χ1n) is 6.27. The van der Waals surface area contributed by atoms with Gasteiger partial charge in [-0.15, -0.1) is 11.3 Å². The third kappa shape index (κ3) is 3.40. The molecule has 0 aromatic carbocycles. The van der Waals surface area contributed by atoms with Gasteiger partial charge in [-0.3, -0.25) is 0 Å². The Bertz CT molecular complexity index is 473. The van der Waals surface area contributed by atoms with Crippen molar-refractivity contribution in [3.05, 3.63) is 34.3 Å². The normalized spacial score (nSPS) is 11.3. The molecule has 0 bridgehead atoms. The first-order valence-corrected chi connectivity index (χ1v) is 7.15. The Hall–Kier alpha value is -1.20. The SMILES string of the molecule is Cc1ncc(CNCC(C)C)n1Cc1nccs1. The summed E-state index contributed by atoms with van der Waals surface area (Å²) in [5.74, 6) is 1.72. The fourth-order valence-electron chi connectivity index (χ4n) is 1.83. The molecule has 4 nitrogen and oxygen atoms in total. The molecule has 0 amide bonds. The standard InChI is InChI=1S/C13H20N4S/c1-10(2)6-14-7-12-8-16-11(3)17(12)9-13-15-4-5-18-13/h4-5,8,10,14H,6-7,9H2,1-3H3. The first kappa shape index (κ1) is 13.2. The number of nitrogens with one attached hydrogen (secondary N) is 1. The van der Waals surface area contributed by atoms with Crippen LogP contribution in [0.15, 0.2) is 17.8 Å². The highest BCUT2D eigenvalue weighted by atomic mass is 32.1. The van der Waals surface area contributed by atoms with Gasteiger partial charge in [0.15, 0.2) is 0 Å². The van der Waals surface area contributed by atoms with Crippen molar-refractivity contribution in [1.82, 2.24) is 19.9 Å². The van der Waals surface area contributed by atoms with Gasteiger partial charge in [-0.1, -0.05) is 13.8 Å². The number of nitrogens with zero attached hydrogens (tertiary/aromatic N) is 3. The monoisotopic (exact) mass is 264 g/mol. The Kier molecular flexibility index (Phi) is 4.49. The third-order valence-corrected chi connectivity index (χ3v) is 3.54. The van der Waals surface area contributed by atoms with E-state index >= 15 is 0 Å². The molecule has 2 rings (SSSR count). The van der Waals surface area contributed by atoms with Crippen LogP contribution in [0.2, 0.25) is 0 Å². The molecular weight excluding hydrogens is 244 g/mol. The minimum absolute atomic E-state index is 0.668. The van der Waals surface area contributed by atoms with Crippen molar-refractivity contribution >= 4 is 11.3 Å². The summed E-state index contributed by atoms with van der Waals surface area (Å²) in [4.78, 5) is 8.73. The lowest BCUT2D eigenvalue weighted by Crippen LogP contribution is -2.21. The van der Waals surface area contributed by atoms with E-state index in [-0.39, 0.29) is 0 Å². The summed E-state index contributed by atoms with van der Waals surface area (Å²) in [7, 11) is 0. The molecule has 1 N–H and O–H groups in total. The molecule has 0 unspecified atom stereocenters. The van der Waals surface area contributed by atoms with Crippen LogP contribution in [0.3, 0.4) is 0 Å². The van der Waals surface area contributed by atoms with Crippen LogP contribution in [-0.4, -0.2) is 21.1 Å². The van der Waals surface area contributed by atoms with Crippen LogP contribution in [0.1, 0.15) is 30.4 Å². The maximum Gasteiger partial charge on any atom is 0.112 e. The minimum Gasteiger partial charge on any atom is -0.324 e. The van der Waals surface area contributed by atoms with Crippen LogP contribution in [0.5, 0.6) is 0 Å². The Labute approximate surface area is 112 Å². The van der Waals surface area contributed by atoms with Gasteiger partial charge in [0.2, 0.25) is 0 Å². The summed E-state index contributed by atoms with van der Waals surface area (Å²) in [5.41, 5.74) is 1.23. The van der Waals surface area contributed by atoms with E-state index in [9.17, 15) is 0 Å². The predicted molar refractivity (Wildman–Crippen MR) is 74.7 cm³/mol. The zero-order chi connectivity index (χ0) is 13.0. The van der Waals surface area contributed by atoms with Gasteiger partial charge in [-0.2, -0.15) is 0 Å². The molecule has 98 valence electrons. The number of aryl methyl sites for hydroxylation is 1. The van der Waals surface area contributed by atoms with E-state index < -0.39 is 0 Å². The van der Waals surface area contributed by atoms with Crippen LogP contribution < -0.4 is 5.32 Å². The molecular formula is C13H20N4S. The minimum atomic E-state index is 0.668. The topological polar surface area (TPSA) is 42.7 Å². The van der Waals surface area contributed by atoms with E-state index in [0.29, 0.717) is 5.92 Å². The number of hydrogen-bond acceptors (Lipinski definition) is 4. The second-order valence-electron chi connectivity index (χ2n) is 4.83. The second-order valence-corrected chi connectivity index (χ2v) is 5.81. The van der Waals surface area contributed by atoms with Crippen LogP contribution in [0.25, 0.3) is 0 Å². The molecule has 0 spiro atoms. The van der Waals surface area contributed by atoms with E-state index in [1.165, 1.54) is 5.69 Å². The molecule has 0 fully saturated rings. The van der Waals surface area contributed by atoms with E-state index in [0.717, 1.165) is 30.5 Å². The van der Waals surface area contributed by atoms with Crippen LogP contribution >= 0.6 is 11.3 Å². The van der Waals surface area contributed by atoms with E-state index in [1.807, 2.05) is 24.7 Å². The van der Waals surface area contributed by atoms with Crippen LogP contribution in [0.4, 0.5) is 0 Å². The molecule has 2 heterocycles. The number of thiazole rings is 1. The Morgan fingerprint density at radius 1 is 1.39 bits per heavy atom. The molecule has 0 atom stereocenters. The zero-order valence-electron chi connectivity index (χ0n) is 11.2. The molecule has 2 aromatic heterocycles. The van der Waals surface area contributed by atoms with Crippen molar-refractivity contribution in [3.8, 4) is 0 Å². The van der Waals surface area contributed by atoms with Crippen molar-refractivity contribution in [3.63, 3.8) is 0 Å². The summed E-state index contributed by atoms with van der Waals surface area (Å²) < 4.78 is 2.23. The van der Waals surface area contributed by atoms with Crippen LogP contribution in [0, 0.1) is 12.8 Å². The lowest BCUT2D eigenvalue weighted by atomic mass is 10.2. The average Bonchev–Trinajstić information content (AvgIpc) is 2.93. The fourth-order valence-corrected chi connectivity index (χ4v) is 2.43. The second kappa shape index (κ2) is 6.11. The first-order chi connectivity index (χ1) is 8.66. The van der Waals surface area contributed by atoms with Gasteiger partial charge in [0, 0.05) is 24.3 Å². The molecule has 0 saturated carbocycles. The smallest absolute Gasteiger partial charge is 0.112 e. The predicted octanol–water partition coefficient (Wildman–Crippen LogP) is 2.44. The van der Waals surface area contributed by atoms with E-state index in [2.05, 4.69) is 33.7 Å². The zero-order valence-corrected chi connectivity index (χ0v) is 12.0. The number of hydrogen-bond donors (Lipinski definition) is 1. The summed E-state index contributed by atoms with van der Waals surface area (Å²) in [6.07, 6.45) is 3.80. The van der Waals surface area contributed by atoms with Crippen LogP contribution in [-0.2, 0) is 13.1 Å². The Balaban J connectivity index is 2.02. The average molecular weight is 264 g/mol. The van der Waals surface area contributed by atoms with Gasteiger partial charge in [0.05, 0.1) is 12.2 Å². The molecule has 2 aromatic rings. The summed E-state index contributed by atoms with van der Waals surface area (Å²) in [5, 5.41) is 6.59. The van der Waals surface area contributed by atoms with Gasteiger partial charge in [-0.25, -0.2) is 9.97 Å². The summed E-state index contributed by atoms with van der Waals surface area (Å²) >= 11 is 1.69. The maximum atomic E-state index is 4.39. The quantitative estimate of drug-likeness (QED) is 0.871.